The zero-order valence-electron chi connectivity index (χ0n) is 18.3. The van der Waals surface area contributed by atoms with Crippen molar-refractivity contribution in [1.82, 2.24) is 5.32 Å². The van der Waals surface area contributed by atoms with Gasteiger partial charge in [-0.05, 0) is 68.2 Å². The lowest BCUT2D eigenvalue weighted by Gasteiger charge is -2.37. The molecule has 0 saturated heterocycles. The van der Waals surface area contributed by atoms with E-state index >= 15 is 0 Å². The number of rotatable bonds is 6. The Bertz CT molecular complexity index is 857. The lowest BCUT2D eigenvalue weighted by molar-refractivity contribution is -0.141. The van der Waals surface area contributed by atoms with Crippen LogP contribution in [0.3, 0.4) is 0 Å². The van der Waals surface area contributed by atoms with Crippen molar-refractivity contribution in [1.29, 1.82) is 0 Å². The van der Waals surface area contributed by atoms with Gasteiger partial charge in [0.2, 0.25) is 0 Å². The van der Waals surface area contributed by atoms with Gasteiger partial charge >= 0.3 is 5.97 Å². The topological polar surface area (TPSA) is 55.4 Å². The minimum atomic E-state index is -0.961. The highest BCUT2D eigenvalue weighted by molar-refractivity contribution is 5.94. The van der Waals surface area contributed by atoms with Crippen molar-refractivity contribution in [2.24, 2.45) is 5.41 Å². The van der Waals surface area contributed by atoms with Crippen LogP contribution in [-0.2, 0) is 9.53 Å². The third-order valence-corrected chi connectivity index (χ3v) is 6.49. The predicted octanol–water partition coefficient (Wildman–Crippen LogP) is 5.12. The lowest BCUT2D eigenvalue weighted by atomic mass is 9.71. The van der Waals surface area contributed by atoms with E-state index in [0.29, 0.717) is 30.5 Å². The zero-order chi connectivity index (χ0) is 22.1. The van der Waals surface area contributed by atoms with E-state index in [-0.39, 0.29) is 17.3 Å². The highest BCUT2D eigenvalue weighted by Gasteiger charge is 2.33. The normalized spacial score (nSPS) is 20.1. The number of hydrogen-bond acceptors (Lipinski definition) is 3. The number of methoxy groups -OCH3 is 1. The quantitative estimate of drug-likeness (QED) is 0.508. The molecule has 0 aliphatic heterocycles. The van der Waals surface area contributed by atoms with Crippen LogP contribution < -0.4 is 5.32 Å². The number of nitrogens with one attached hydrogen (secondary N) is 1. The summed E-state index contributed by atoms with van der Waals surface area (Å²) in [4.78, 5) is 24.3. The first-order valence-electron chi connectivity index (χ1n) is 11.3. The molecule has 166 valence electrons. The highest BCUT2D eigenvalue weighted by Crippen LogP contribution is 2.39. The van der Waals surface area contributed by atoms with Gasteiger partial charge in [0.15, 0.2) is 0 Å². The van der Waals surface area contributed by atoms with Crippen LogP contribution in [-0.4, -0.2) is 31.7 Å². The SMILES string of the molecule is COC(=O)CCC1(CNC(=O)c2ccc(C#CC3=CCCCC3F)cc2)CCCCC1. The smallest absolute Gasteiger partial charge is 0.305 e. The number of halogens is 1. The second-order valence-corrected chi connectivity index (χ2v) is 8.70. The summed E-state index contributed by atoms with van der Waals surface area (Å²) in [7, 11) is 1.41. The van der Waals surface area contributed by atoms with E-state index in [2.05, 4.69) is 17.2 Å². The van der Waals surface area contributed by atoms with Gasteiger partial charge < -0.3 is 10.1 Å². The average Bonchev–Trinajstić information content (AvgIpc) is 2.81. The molecule has 1 atom stereocenters. The molecule has 31 heavy (non-hydrogen) atoms. The molecule has 0 radical (unpaired) electrons. The third kappa shape index (κ3) is 6.69. The van der Waals surface area contributed by atoms with E-state index in [1.54, 1.807) is 24.3 Å². The number of hydrogen-bond donors (Lipinski definition) is 1. The number of carbonyl (C=O) groups excluding carboxylic acids is 2. The summed E-state index contributed by atoms with van der Waals surface area (Å²) in [5.41, 5.74) is 1.86. The summed E-state index contributed by atoms with van der Waals surface area (Å²) >= 11 is 0. The molecule has 1 fully saturated rings. The molecule has 1 aromatic carbocycles. The number of ether oxygens (including phenoxy) is 1. The number of benzene rings is 1. The van der Waals surface area contributed by atoms with E-state index in [9.17, 15) is 14.0 Å². The van der Waals surface area contributed by atoms with Crippen molar-refractivity contribution in [2.45, 2.75) is 70.4 Å². The van der Waals surface area contributed by atoms with Crippen molar-refractivity contribution < 1.29 is 18.7 Å². The number of carbonyl (C=O) groups is 2. The lowest BCUT2D eigenvalue weighted by Crippen LogP contribution is -2.39. The molecule has 0 aromatic heterocycles. The van der Waals surface area contributed by atoms with E-state index in [4.69, 9.17) is 4.74 Å². The number of alkyl halides is 1. The van der Waals surface area contributed by atoms with Gasteiger partial charge in [0, 0.05) is 29.7 Å². The van der Waals surface area contributed by atoms with Crippen LogP contribution in [0.5, 0.6) is 0 Å². The fourth-order valence-electron chi connectivity index (χ4n) is 4.47. The summed E-state index contributed by atoms with van der Waals surface area (Å²) in [5, 5.41) is 3.07. The van der Waals surface area contributed by atoms with E-state index in [1.807, 2.05) is 6.08 Å². The average molecular weight is 426 g/mol. The van der Waals surface area contributed by atoms with Crippen LogP contribution in [0.25, 0.3) is 0 Å². The zero-order valence-corrected chi connectivity index (χ0v) is 18.3. The van der Waals surface area contributed by atoms with E-state index in [1.165, 1.54) is 13.5 Å². The summed E-state index contributed by atoms with van der Waals surface area (Å²) in [6.07, 6.45) is 9.83. The van der Waals surface area contributed by atoms with Crippen LogP contribution in [0, 0.1) is 17.3 Å². The van der Waals surface area contributed by atoms with Crippen molar-refractivity contribution in [3.63, 3.8) is 0 Å². The standard InChI is InChI=1S/C26H32FNO3/c1-31-24(29)15-18-26(16-5-2-6-17-26)19-28-25(30)22-13-10-20(11-14-22)9-12-21-7-3-4-8-23(21)27/h7,10-11,13-14,23H,2-6,8,15-19H2,1H3,(H,28,30). The molecule has 0 spiro atoms. The number of amides is 1. The molecule has 5 heteroatoms. The molecule has 1 saturated carbocycles. The second-order valence-electron chi connectivity index (χ2n) is 8.70. The molecular weight excluding hydrogens is 393 g/mol. The Morgan fingerprint density at radius 3 is 2.55 bits per heavy atom. The van der Waals surface area contributed by atoms with Crippen molar-refractivity contribution in [3.05, 3.63) is 47.0 Å². The summed E-state index contributed by atoms with van der Waals surface area (Å²) in [5.74, 6) is 5.61. The summed E-state index contributed by atoms with van der Waals surface area (Å²) in [6.45, 7) is 0.566. The Balaban J connectivity index is 1.58. The first kappa shape index (κ1) is 23.1. The van der Waals surface area contributed by atoms with Crippen LogP contribution in [0.2, 0.25) is 0 Å². The fourth-order valence-corrected chi connectivity index (χ4v) is 4.47. The van der Waals surface area contributed by atoms with Gasteiger partial charge in [0.1, 0.15) is 6.17 Å². The van der Waals surface area contributed by atoms with Gasteiger partial charge in [-0.15, -0.1) is 0 Å². The third-order valence-electron chi connectivity index (χ3n) is 6.49. The molecule has 3 rings (SSSR count). The summed E-state index contributed by atoms with van der Waals surface area (Å²) in [6, 6.07) is 7.10. The first-order valence-corrected chi connectivity index (χ1v) is 11.3. The molecule has 0 heterocycles. The Labute approximate surface area is 184 Å². The highest BCUT2D eigenvalue weighted by atomic mass is 19.1. The number of allylic oxidation sites excluding steroid dienone is 2. The Kier molecular flexibility index (Phi) is 8.28. The first-order chi connectivity index (χ1) is 15.0. The molecule has 2 aliphatic rings. The minimum Gasteiger partial charge on any atom is -0.469 e. The van der Waals surface area contributed by atoms with Crippen LogP contribution in [0.4, 0.5) is 4.39 Å². The molecule has 1 N–H and O–H groups in total. The van der Waals surface area contributed by atoms with Crippen LogP contribution in [0.15, 0.2) is 35.9 Å². The van der Waals surface area contributed by atoms with Gasteiger partial charge in [-0.3, -0.25) is 9.59 Å². The fraction of sp³-hybridized carbons (Fsp3) is 0.538. The summed E-state index contributed by atoms with van der Waals surface area (Å²) < 4.78 is 18.7. The van der Waals surface area contributed by atoms with Crippen molar-refractivity contribution in [3.8, 4) is 11.8 Å². The van der Waals surface area contributed by atoms with Crippen LogP contribution in [0.1, 0.15) is 80.1 Å². The number of esters is 1. The second kappa shape index (κ2) is 11.1. The largest absolute Gasteiger partial charge is 0.469 e. The predicted molar refractivity (Wildman–Crippen MR) is 119 cm³/mol. The Hall–Kier alpha value is -2.61. The molecule has 1 aromatic rings. The Morgan fingerprint density at radius 1 is 1.13 bits per heavy atom. The monoisotopic (exact) mass is 425 g/mol. The van der Waals surface area contributed by atoms with Gasteiger partial charge in [-0.2, -0.15) is 0 Å². The molecule has 1 amide bonds. The van der Waals surface area contributed by atoms with Crippen LogP contribution >= 0.6 is 0 Å². The van der Waals surface area contributed by atoms with Gasteiger partial charge in [0.05, 0.1) is 7.11 Å². The minimum absolute atomic E-state index is 0.0376. The van der Waals surface area contributed by atoms with E-state index < -0.39 is 6.17 Å². The van der Waals surface area contributed by atoms with Gasteiger partial charge in [-0.1, -0.05) is 37.2 Å². The Morgan fingerprint density at radius 2 is 1.87 bits per heavy atom. The van der Waals surface area contributed by atoms with Crippen molar-refractivity contribution in [2.75, 3.05) is 13.7 Å². The van der Waals surface area contributed by atoms with E-state index in [0.717, 1.165) is 50.5 Å². The van der Waals surface area contributed by atoms with Gasteiger partial charge in [-0.25, -0.2) is 4.39 Å². The molecular formula is C26H32FNO3. The maximum atomic E-state index is 13.9. The molecule has 2 aliphatic carbocycles. The van der Waals surface area contributed by atoms with Gasteiger partial charge in [0.25, 0.3) is 5.91 Å². The molecule has 0 bridgehead atoms. The van der Waals surface area contributed by atoms with Crippen molar-refractivity contribution >= 4 is 11.9 Å². The molecule has 4 nitrogen and oxygen atoms in total. The maximum Gasteiger partial charge on any atom is 0.305 e. The molecule has 1 unspecified atom stereocenters. The maximum absolute atomic E-state index is 13.9.